The lowest BCUT2D eigenvalue weighted by Crippen LogP contribution is -2.31. The Labute approximate surface area is 209 Å². The molecule has 0 saturated carbocycles. The predicted octanol–water partition coefficient (Wildman–Crippen LogP) is 5.64. The summed E-state index contributed by atoms with van der Waals surface area (Å²) in [6, 6.07) is 10.5. The number of hydrogen-bond donors (Lipinski definition) is 1. The normalized spacial score (nSPS) is 14.7. The van der Waals surface area contributed by atoms with Crippen LogP contribution < -0.4 is 15.0 Å². The lowest BCUT2D eigenvalue weighted by atomic mass is 10.1. The van der Waals surface area contributed by atoms with E-state index in [1.807, 2.05) is 31.4 Å². The minimum Gasteiger partial charge on any atom is -0.495 e. The second-order valence-electron chi connectivity index (χ2n) is 7.51. The Morgan fingerprint density at radius 1 is 1.35 bits per heavy atom. The highest BCUT2D eigenvalue weighted by molar-refractivity contribution is 8.14. The van der Waals surface area contributed by atoms with Crippen molar-refractivity contribution >= 4 is 69.3 Å². The largest absolute Gasteiger partial charge is 0.495 e. The number of amides is 2. The van der Waals surface area contributed by atoms with Crippen LogP contribution in [-0.2, 0) is 9.59 Å². The Kier molecular flexibility index (Phi) is 7.40. The van der Waals surface area contributed by atoms with Gasteiger partial charge < -0.3 is 9.26 Å². The van der Waals surface area contributed by atoms with Gasteiger partial charge in [0.1, 0.15) is 11.4 Å². The van der Waals surface area contributed by atoms with Crippen LogP contribution in [0, 0.1) is 0 Å². The first-order valence-corrected chi connectivity index (χ1v) is 12.5. The molecule has 0 aliphatic carbocycles. The van der Waals surface area contributed by atoms with E-state index in [-0.39, 0.29) is 35.1 Å². The van der Waals surface area contributed by atoms with Gasteiger partial charge in [-0.15, -0.1) is 11.3 Å². The van der Waals surface area contributed by atoms with Gasteiger partial charge in [-0.3, -0.25) is 19.8 Å². The van der Waals surface area contributed by atoms with E-state index in [0.717, 1.165) is 22.3 Å². The quantitative estimate of drug-likeness (QED) is 0.408. The lowest BCUT2D eigenvalue weighted by molar-refractivity contribution is -0.114. The molecule has 0 bridgehead atoms. The summed E-state index contributed by atoms with van der Waals surface area (Å²) in [5.74, 6) is 0.335. The number of methoxy groups -OCH3 is 1. The second kappa shape index (κ2) is 10.5. The molecule has 0 spiro atoms. The van der Waals surface area contributed by atoms with Gasteiger partial charge in [-0.1, -0.05) is 48.4 Å². The molecule has 0 saturated heterocycles. The fourth-order valence-corrected chi connectivity index (χ4v) is 4.76. The van der Waals surface area contributed by atoms with Crippen molar-refractivity contribution in [1.29, 1.82) is 0 Å². The minimum atomic E-state index is -0.311. The smallest absolute Gasteiger partial charge is 0.283 e. The lowest BCUT2D eigenvalue weighted by Gasteiger charge is -2.18. The van der Waals surface area contributed by atoms with Crippen LogP contribution in [-0.4, -0.2) is 35.0 Å². The molecule has 3 heterocycles. The summed E-state index contributed by atoms with van der Waals surface area (Å²) in [6.45, 7) is 3.96. The summed E-state index contributed by atoms with van der Waals surface area (Å²) >= 11 is 8.93. The molecule has 1 aliphatic heterocycles. The highest BCUT2D eigenvalue weighted by Crippen LogP contribution is 2.34. The molecule has 11 heteroatoms. The van der Waals surface area contributed by atoms with Crippen molar-refractivity contribution < 1.29 is 18.8 Å². The first-order valence-electron chi connectivity index (χ1n) is 10.3. The number of aromatic nitrogens is 1. The van der Waals surface area contributed by atoms with Crippen LogP contribution in [0.1, 0.15) is 30.3 Å². The van der Waals surface area contributed by atoms with E-state index in [1.54, 1.807) is 30.3 Å². The average Bonchev–Trinajstić information content (AvgIpc) is 3.54. The predicted molar refractivity (Wildman–Crippen MR) is 137 cm³/mol. The molecule has 1 N–H and O–H groups in total. The van der Waals surface area contributed by atoms with Crippen LogP contribution in [0.4, 0.5) is 11.6 Å². The molecule has 1 aromatic carbocycles. The van der Waals surface area contributed by atoms with Gasteiger partial charge in [-0.05, 0) is 41.6 Å². The molecule has 0 fully saturated rings. The van der Waals surface area contributed by atoms with Gasteiger partial charge in [0.05, 0.1) is 29.3 Å². The molecular formula is C23H21ClN4O4S2. The molecular weight excluding hydrogens is 496 g/mol. The Bertz CT molecular complexity index is 1270. The number of nitrogens with zero attached hydrogens (tertiary/aromatic N) is 3. The number of anilines is 2. The number of nitrogens with one attached hydrogen (secondary N) is 1. The molecule has 2 aromatic heterocycles. The van der Waals surface area contributed by atoms with E-state index in [1.165, 1.54) is 23.3 Å². The third-order valence-electron chi connectivity index (χ3n) is 4.76. The van der Waals surface area contributed by atoms with Gasteiger partial charge in [-0.2, -0.15) is 0 Å². The number of carbonyl (C=O) groups excluding carboxylic acids is 2. The molecule has 34 heavy (non-hydrogen) atoms. The van der Waals surface area contributed by atoms with Gasteiger partial charge in [0.15, 0.2) is 5.17 Å². The number of amidine groups is 1. The van der Waals surface area contributed by atoms with Crippen molar-refractivity contribution in [3.05, 3.63) is 63.1 Å². The maximum Gasteiger partial charge on any atom is 0.283 e. The van der Waals surface area contributed by atoms with E-state index < -0.39 is 0 Å². The van der Waals surface area contributed by atoms with Crippen molar-refractivity contribution in [1.82, 2.24) is 5.16 Å². The van der Waals surface area contributed by atoms with Gasteiger partial charge >= 0.3 is 0 Å². The maximum atomic E-state index is 13.2. The zero-order valence-corrected chi connectivity index (χ0v) is 21.0. The highest BCUT2D eigenvalue weighted by Gasteiger charge is 2.33. The Morgan fingerprint density at radius 3 is 2.82 bits per heavy atom. The first-order chi connectivity index (χ1) is 16.4. The number of ether oxygens (including phenoxy) is 1. The van der Waals surface area contributed by atoms with Gasteiger partial charge in [0.2, 0.25) is 11.8 Å². The molecule has 1 aliphatic rings. The summed E-state index contributed by atoms with van der Waals surface area (Å²) in [5.41, 5.74) is 1.54. The Balaban J connectivity index is 1.55. The molecule has 4 rings (SSSR count). The third-order valence-corrected chi connectivity index (χ3v) is 6.81. The Morgan fingerprint density at radius 2 is 2.18 bits per heavy atom. The summed E-state index contributed by atoms with van der Waals surface area (Å²) in [6.07, 6.45) is 1.72. The maximum absolute atomic E-state index is 13.2. The van der Waals surface area contributed by atoms with Crippen molar-refractivity contribution in [2.45, 2.75) is 19.8 Å². The summed E-state index contributed by atoms with van der Waals surface area (Å²) in [5, 5.41) is 9.26. The fraction of sp³-hybridized carbons (Fsp3) is 0.217. The summed E-state index contributed by atoms with van der Waals surface area (Å²) in [7, 11) is 1.52. The van der Waals surface area contributed by atoms with Crippen LogP contribution in [0.25, 0.3) is 6.08 Å². The van der Waals surface area contributed by atoms with Crippen LogP contribution >= 0.6 is 34.7 Å². The molecule has 176 valence electrons. The van der Waals surface area contributed by atoms with Crippen molar-refractivity contribution in [3.63, 3.8) is 0 Å². The monoisotopic (exact) mass is 516 g/mol. The summed E-state index contributed by atoms with van der Waals surface area (Å²) in [4.78, 5) is 32.6. The first kappa shape index (κ1) is 24.1. The number of carbonyl (C=O) groups is 2. The molecule has 8 nitrogen and oxygen atoms in total. The van der Waals surface area contributed by atoms with Crippen molar-refractivity contribution in [2.24, 2.45) is 4.99 Å². The van der Waals surface area contributed by atoms with E-state index in [0.29, 0.717) is 21.6 Å². The molecule has 0 radical (unpaired) electrons. The average molecular weight is 517 g/mol. The zero-order valence-electron chi connectivity index (χ0n) is 18.6. The number of benzene rings is 1. The third kappa shape index (κ3) is 5.35. The number of thiophene rings is 1. The van der Waals surface area contributed by atoms with Gasteiger partial charge in [-0.25, -0.2) is 4.99 Å². The SMILES string of the molecule is COc1ccc(N2C(=O)/C(=C/c3cccs3)N=C2SCC(=O)Nc2cc(C(C)C)no2)cc1Cl. The zero-order chi connectivity index (χ0) is 24.2. The fourth-order valence-electron chi connectivity index (χ4n) is 3.05. The molecule has 2 amide bonds. The van der Waals surface area contributed by atoms with E-state index in [4.69, 9.17) is 20.9 Å². The van der Waals surface area contributed by atoms with Crippen LogP contribution in [0.2, 0.25) is 5.02 Å². The number of thioether (sulfide) groups is 1. The van der Waals surface area contributed by atoms with Crippen LogP contribution in [0.5, 0.6) is 5.75 Å². The number of aliphatic imine (C=N–C) groups is 1. The standard InChI is InChI=1S/C23H21ClN4O4S2/c1-13(2)17-11-21(32-27-17)26-20(29)12-34-23-25-18(10-15-5-4-8-33-15)22(30)28(23)14-6-7-19(31-3)16(24)9-14/h4-11,13H,12H2,1-3H3,(H,26,29)/b18-10-. The van der Waals surface area contributed by atoms with Crippen molar-refractivity contribution in [3.8, 4) is 5.75 Å². The van der Waals surface area contributed by atoms with Crippen molar-refractivity contribution in [2.75, 3.05) is 23.1 Å². The number of halogens is 1. The van der Waals surface area contributed by atoms with Crippen LogP contribution in [0.15, 0.2) is 57.0 Å². The summed E-state index contributed by atoms with van der Waals surface area (Å²) < 4.78 is 10.4. The second-order valence-corrected chi connectivity index (χ2v) is 9.84. The van der Waals surface area contributed by atoms with E-state index in [2.05, 4.69) is 15.5 Å². The Hall–Kier alpha value is -3.08. The number of hydrogen-bond acceptors (Lipinski definition) is 8. The van der Waals surface area contributed by atoms with Gasteiger partial charge in [0.25, 0.3) is 5.91 Å². The van der Waals surface area contributed by atoms with Gasteiger partial charge in [0, 0.05) is 10.9 Å². The van der Waals surface area contributed by atoms with E-state index in [9.17, 15) is 9.59 Å². The molecule has 3 aromatic rings. The topological polar surface area (TPSA) is 97.0 Å². The highest BCUT2D eigenvalue weighted by atomic mass is 35.5. The minimum absolute atomic E-state index is 0.0104. The van der Waals surface area contributed by atoms with Crippen LogP contribution in [0.3, 0.4) is 0 Å². The molecule has 0 unspecified atom stereocenters. The van der Waals surface area contributed by atoms with E-state index >= 15 is 0 Å². The number of rotatable bonds is 7. The molecule has 0 atom stereocenters.